The molecule has 0 N–H and O–H groups in total. The van der Waals surface area contributed by atoms with E-state index in [0.717, 1.165) is 58.7 Å². The average Bonchev–Trinajstić information content (AvgIpc) is 3.01. The summed E-state index contributed by atoms with van der Waals surface area (Å²) in [6, 6.07) is 8.74. The van der Waals surface area contributed by atoms with E-state index in [1.165, 1.54) is 11.1 Å². The fourth-order valence-electron chi connectivity index (χ4n) is 4.35. The number of hydrogen-bond acceptors (Lipinski definition) is 3. The van der Waals surface area contributed by atoms with Crippen LogP contribution in [0.1, 0.15) is 44.7 Å². The second-order valence-corrected chi connectivity index (χ2v) is 9.28. The Labute approximate surface area is 159 Å². The minimum atomic E-state index is 0.0738. The van der Waals surface area contributed by atoms with Gasteiger partial charge in [0.2, 0.25) is 5.91 Å². The van der Waals surface area contributed by atoms with Gasteiger partial charge in [0.1, 0.15) is 0 Å². The fourth-order valence-corrected chi connectivity index (χ4v) is 4.35. The fraction of sp³-hybridized carbons (Fsp3) is 0.682. The van der Waals surface area contributed by atoms with E-state index >= 15 is 0 Å². The molecule has 2 aliphatic heterocycles. The summed E-state index contributed by atoms with van der Waals surface area (Å²) in [5, 5.41) is 0. The highest BCUT2D eigenvalue weighted by atomic mass is 16.2. The van der Waals surface area contributed by atoms with Crippen LogP contribution in [0.5, 0.6) is 0 Å². The third-order valence-corrected chi connectivity index (χ3v) is 5.50. The summed E-state index contributed by atoms with van der Waals surface area (Å²) in [7, 11) is 0. The molecule has 0 radical (unpaired) electrons. The highest BCUT2D eigenvalue weighted by Crippen LogP contribution is 2.23. The largest absolute Gasteiger partial charge is 0.339 e. The van der Waals surface area contributed by atoms with E-state index in [4.69, 9.17) is 0 Å². The molecule has 0 aromatic heterocycles. The van der Waals surface area contributed by atoms with Crippen molar-refractivity contribution in [2.75, 3.05) is 39.3 Å². The second kappa shape index (κ2) is 8.10. The molecule has 0 saturated carbocycles. The molecule has 144 valence electrons. The number of likely N-dealkylation sites (tertiary alicyclic amines) is 1. The maximum atomic E-state index is 13.1. The van der Waals surface area contributed by atoms with Crippen molar-refractivity contribution in [2.45, 2.75) is 53.1 Å². The van der Waals surface area contributed by atoms with Crippen LogP contribution in [0.15, 0.2) is 24.3 Å². The summed E-state index contributed by atoms with van der Waals surface area (Å²) < 4.78 is 0. The summed E-state index contributed by atoms with van der Waals surface area (Å²) in [6.45, 7) is 15.8. The van der Waals surface area contributed by atoms with Gasteiger partial charge in [0.25, 0.3) is 0 Å². The van der Waals surface area contributed by atoms with Crippen molar-refractivity contribution in [3.05, 3.63) is 35.4 Å². The van der Waals surface area contributed by atoms with Gasteiger partial charge in [-0.1, -0.05) is 50.6 Å². The molecule has 2 heterocycles. The molecule has 1 aromatic carbocycles. The smallest absolute Gasteiger partial charge is 0.240 e. The van der Waals surface area contributed by atoms with E-state index in [2.05, 4.69) is 66.7 Å². The third-order valence-electron chi connectivity index (χ3n) is 5.50. The lowest BCUT2D eigenvalue weighted by atomic mass is 9.96. The number of aryl methyl sites for hydroxylation is 1. The minimum absolute atomic E-state index is 0.0738. The molecule has 4 nitrogen and oxygen atoms in total. The first-order chi connectivity index (χ1) is 12.3. The topological polar surface area (TPSA) is 26.8 Å². The van der Waals surface area contributed by atoms with E-state index < -0.39 is 0 Å². The Hall–Kier alpha value is -1.39. The van der Waals surface area contributed by atoms with Crippen LogP contribution < -0.4 is 0 Å². The molecule has 1 atom stereocenters. The summed E-state index contributed by atoms with van der Waals surface area (Å²) in [5.74, 6) is 0.352. The highest BCUT2D eigenvalue weighted by molar-refractivity contribution is 5.82. The lowest BCUT2D eigenvalue weighted by Gasteiger charge is -2.39. The Morgan fingerprint density at radius 1 is 1.12 bits per heavy atom. The van der Waals surface area contributed by atoms with Crippen molar-refractivity contribution in [1.82, 2.24) is 14.7 Å². The van der Waals surface area contributed by atoms with Gasteiger partial charge in [-0.2, -0.15) is 0 Å². The minimum Gasteiger partial charge on any atom is -0.339 e. The number of rotatable bonds is 4. The summed E-state index contributed by atoms with van der Waals surface area (Å²) in [4.78, 5) is 20.1. The normalized spacial score (nSPS) is 22.8. The SMILES string of the molecule is Cc1cccc(CN2CCCC2C(=O)N2CCN(CC(C)(C)C)CC2)c1. The Bertz CT molecular complexity index is 614. The maximum Gasteiger partial charge on any atom is 0.240 e. The Balaban J connectivity index is 1.55. The highest BCUT2D eigenvalue weighted by Gasteiger charge is 2.35. The molecular formula is C22H35N3O. The number of hydrogen-bond donors (Lipinski definition) is 0. The first-order valence-electron chi connectivity index (χ1n) is 10.1. The Morgan fingerprint density at radius 3 is 2.50 bits per heavy atom. The van der Waals surface area contributed by atoms with Gasteiger partial charge in [0.05, 0.1) is 6.04 Å². The summed E-state index contributed by atoms with van der Waals surface area (Å²) in [5.41, 5.74) is 2.93. The molecule has 0 spiro atoms. The zero-order valence-corrected chi connectivity index (χ0v) is 17.0. The predicted molar refractivity (Wildman–Crippen MR) is 107 cm³/mol. The van der Waals surface area contributed by atoms with Gasteiger partial charge in [0, 0.05) is 39.3 Å². The Kier molecular flexibility index (Phi) is 6.03. The quantitative estimate of drug-likeness (QED) is 0.828. The van der Waals surface area contributed by atoms with Crippen molar-refractivity contribution in [3.63, 3.8) is 0 Å². The average molecular weight is 358 g/mol. The molecule has 2 fully saturated rings. The first-order valence-corrected chi connectivity index (χ1v) is 10.1. The molecule has 0 bridgehead atoms. The number of piperazine rings is 1. The molecule has 1 amide bonds. The van der Waals surface area contributed by atoms with Gasteiger partial charge >= 0.3 is 0 Å². The van der Waals surface area contributed by atoms with E-state index in [1.807, 2.05) is 0 Å². The summed E-state index contributed by atoms with van der Waals surface area (Å²) >= 11 is 0. The van der Waals surface area contributed by atoms with Crippen LogP contribution in [0.2, 0.25) is 0 Å². The van der Waals surface area contributed by atoms with Gasteiger partial charge in [-0.25, -0.2) is 0 Å². The third kappa shape index (κ3) is 5.08. The molecule has 26 heavy (non-hydrogen) atoms. The molecule has 1 aromatic rings. The monoisotopic (exact) mass is 357 g/mol. The second-order valence-electron chi connectivity index (χ2n) is 9.28. The number of carbonyl (C=O) groups is 1. The lowest BCUT2D eigenvalue weighted by Crippen LogP contribution is -2.54. The Morgan fingerprint density at radius 2 is 1.85 bits per heavy atom. The van der Waals surface area contributed by atoms with Crippen LogP contribution in [0, 0.1) is 12.3 Å². The van der Waals surface area contributed by atoms with Crippen LogP contribution >= 0.6 is 0 Å². The molecule has 2 saturated heterocycles. The molecule has 0 aliphatic carbocycles. The van der Waals surface area contributed by atoms with E-state index in [9.17, 15) is 4.79 Å². The van der Waals surface area contributed by atoms with Gasteiger partial charge in [0.15, 0.2) is 0 Å². The van der Waals surface area contributed by atoms with E-state index in [-0.39, 0.29) is 6.04 Å². The number of carbonyl (C=O) groups excluding carboxylic acids is 1. The standard InChI is InChI=1S/C22H35N3O/c1-18-7-5-8-19(15-18)16-25-10-6-9-20(25)21(26)24-13-11-23(12-14-24)17-22(2,3)4/h5,7-8,15,20H,6,9-14,16-17H2,1-4H3. The number of benzene rings is 1. The summed E-state index contributed by atoms with van der Waals surface area (Å²) in [6.07, 6.45) is 2.14. The van der Waals surface area contributed by atoms with Crippen molar-refractivity contribution in [1.29, 1.82) is 0 Å². The molecule has 2 aliphatic rings. The van der Waals surface area contributed by atoms with Crippen molar-refractivity contribution < 1.29 is 4.79 Å². The van der Waals surface area contributed by atoms with Crippen LogP contribution in [0.25, 0.3) is 0 Å². The predicted octanol–water partition coefficient (Wildman–Crippen LogP) is 3.15. The van der Waals surface area contributed by atoms with Crippen LogP contribution in [-0.4, -0.2) is 65.9 Å². The molecular weight excluding hydrogens is 322 g/mol. The van der Waals surface area contributed by atoms with Crippen molar-refractivity contribution in [2.24, 2.45) is 5.41 Å². The molecule has 1 unspecified atom stereocenters. The number of nitrogens with zero attached hydrogens (tertiary/aromatic N) is 3. The van der Waals surface area contributed by atoms with Gasteiger partial charge < -0.3 is 4.90 Å². The van der Waals surface area contributed by atoms with Crippen molar-refractivity contribution in [3.8, 4) is 0 Å². The van der Waals surface area contributed by atoms with E-state index in [1.54, 1.807) is 0 Å². The maximum absolute atomic E-state index is 13.1. The van der Waals surface area contributed by atoms with Crippen LogP contribution in [0.4, 0.5) is 0 Å². The van der Waals surface area contributed by atoms with Crippen LogP contribution in [0.3, 0.4) is 0 Å². The van der Waals surface area contributed by atoms with Gasteiger partial charge in [-0.15, -0.1) is 0 Å². The van der Waals surface area contributed by atoms with Crippen molar-refractivity contribution >= 4 is 5.91 Å². The van der Waals surface area contributed by atoms with Gasteiger partial charge in [-0.3, -0.25) is 14.6 Å². The van der Waals surface area contributed by atoms with Gasteiger partial charge in [-0.05, 0) is 37.3 Å². The van der Waals surface area contributed by atoms with E-state index in [0.29, 0.717) is 11.3 Å². The van der Waals surface area contributed by atoms with Crippen LogP contribution in [-0.2, 0) is 11.3 Å². The lowest BCUT2D eigenvalue weighted by molar-refractivity contribution is -0.138. The first kappa shape index (κ1) is 19.4. The molecule has 4 heteroatoms. The zero-order chi connectivity index (χ0) is 18.7. The number of amides is 1. The molecule has 3 rings (SSSR count). The zero-order valence-electron chi connectivity index (χ0n) is 17.0.